The summed E-state index contributed by atoms with van der Waals surface area (Å²) in [4.78, 5) is 0. The summed E-state index contributed by atoms with van der Waals surface area (Å²) in [6, 6.07) is 11.5. The molecule has 3 rings (SSSR count). The van der Waals surface area contributed by atoms with Crippen LogP contribution >= 0.6 is 15.9 Å². The minimum Gasteiger partial charge on any atom is -0.454 e. The Bertz CT molecular complexity index is 660. The summed E-state index contributed by atoms with van der Waals surface area (Å²) >= 11 is 3.45. The first-order valence-electron chi connectivity index (χ1n) is 6.71. The molecule has 1 unspecified atom stereocenters. The molecule has 0 fully saturated rings. The fourth-order valence-corrected chi connectivity index (χ4v) is 2.59. The summed E-state index contributed by atoms with van der Waals surface area (Å²) in [7, 11) is 0. The number of aryl methyl sites for hydroxylation is 1. The van der Waals surface area contributed by atoms with E-state index in [1.807, 2.05) is 43.3 Å². The van der Waals surface area contributed by atoms with Crippen molar-refractivity contribution in [2.75, 3.05) is 18.7 Å². The average Bonchev–Trinajstić information content (AvgIpc) is 2.95. The number of hydrogen-bond donors (Lipinski definition) is 2. The van der Waals surface area contributed by atoms with Gasteiger partial charge in [-0.15, -0.1) is 0 Å². The van der Waals surface area contributed by atoms with Gasteiger partial charge in [-0.25, -0.2) is 0 Å². The van der Waals surface area contributed by atoms with Gasteiger partial charge in [0.25, 0.3) is 0 Å². The molecular weight excluding hydrogens is 334 g/mol. The standard InChI is InChI=1S/C16H16BrNO3/c1-10-2-4-12(17)7-13(10)18-8-14(19)11-3-5-15-16(6-11)21-9-20-15/h2-7,14,18-19H,8-9H2,1H3. The van der Waals surface area contributed by atoms with Crippen molar-refractivity contribution in [3.8, 4) is 11.5 Å². The second kappa shape index (κ2) is 5.95. The highest BCUT2D eigenvalue weighted by Gasteiger charge is 2.16. The van der Waals surface area contributed by atoms with Crippen molar-refractivity contribution in [3.63, 3.8) is 0 Å². The van der Waals surface area contributed by atoms with Gasteiger partial charge >= 0.3 is 0 Å². The highest BCUT2D eigenvalue weighted by Crippen LogP contribution is 2.34. The zero-order valence-electron chi connectivity index (χ0n) is 11.6. The number of aliphatic hydroxyl groups is 1. The van der Waals surface area contributed by atoms with Crippen LogP contribution in [0.4, 0.5) is 5.69 Å². The van der Waals surface area contributed by atoms with Gasteiger partial charge in [-0.05, 0) is 42.3 Å². The lowest BCUT2D eigenvalue weighted by Crippen LogP contribution is -2.12. The van der Waals surface area contributed by atoms with Gasteiger partial charge in [0.05, 0.1) is 6.10 Å². The fourth-order valence-electron chi connectivity index (χ4n) is 2.23. The Labute approximate surface area is 131 Å². The molecule has 0 bridgehead atoms. The fraction of sp³-hybridized carbons (Fsp3) is 0.250. The van der Waals surface area contributed by atoms with Crippen LogP contribution in [0, 0.1) is 6.92 Å². The van der Waals surface area contributed by atoms with Gasteiger partial charge in [-0.1, -0.05) is 28.1 Å². The maximum Gasteiger partial charge on any atom is 0.231 e. The molecule has 2 aromatic carbocycles. The van der Waals surface area contributed by atoms with Gasteiger partial charge in [-0.3, -0.25) is 0 Å². The van der Waals surface area contributed by atoms with Crippen molar-refractivity contribution in [2.45, 2.75) is 13.0 Å². The van der Waals surface area contributed by atoms with Crippen molar-refractivity contribution < 1.29 is 14.6 Å². The monoisotopic (exact) mass is 349 g/mol. The first-order valence-corrected chi connectivity index (χ1v) is 7.50. The van der Waals surface area contributed by atoms with E-state index in [0.29, 0.717) is 12.3 Å². The van der Waals surface area contributed by atoms with Crippen LogP contribution in [-0.2, 0) is 0 Å². The number of nitrogens with one attached hydrogen (secondary N) is 1. The van der Waals surface area contributed by atoms with Crippen LogP contribution in [0.2, 0.25) is 0 Å². The molecule has 1 atom stereocenters. The van der Waals surface area contributed by atoms with Crippen LogP contribution in [0.5, 0.6) is 11.5 Å². The third kappa shape index (κ3) is 3.14. The largest absolute Gasteiger partial charge is 0.454 e. The molecule has 2 N–H and O–H groups in total. The second-order valence-corrected chi connectivity index (χ2v) is 5.88. The average molecular weight is 350 g/mol. The molecule has 1 aliphatic heterocycles. The topological polar surface area (TPSA) is 50.7 Å². The molecule has 0 aromatic heterocycles. The molecule has 0 aliphatic carbocycles. The van der Waals surface area contributed by atoms with E-state index in [0.717, 1.165) is 27.0 Å². The lowest BCUT2D eigenvalue weighted by atomic mass is 10.1. The van der Waals surface area contributed by atoms with E-state index in [2.05, 4.69) is 21.2 Å². The Morgan fingerprint density at radius 2 is 2.00 bits per heavy atom. The molecule has 0 radical (unpaired) electrons. The lowest BCUT2D eigenvalue weighted by Gasteiger charge is -2.15. The number of fused-ring (bicyclic) bond motifs is 1. The SMILES string of the molecule is Cc1ccc(Br)cc1NCC(O)c1ccc2c(c1)OCO2. The Morgan fingerprint density at radius 1 is 1.19 bits per heavy atom. The molecule has 0 amide bonds. The first-order chi connectivity index (χ1) is 10.1. The highest BCUT2D eigenvalue weighted by atomic mass is 79.9. The Kier molecular flexibility index (Phi) is 4.03. The van der Waals surface area contributed by atoms with Crippen molar-refractivity contribution in [2.24, 2.45) is 0 Å². The van der Waals surface area contributed by atoms with Gasteiger partial charge in [0.1, 0.15) is 0 Å². The summed E-state index contributed by atoms with van der Waals surface area (Å²) in [5, 5.41) is 13.6. The molecule has 1 aliphatic rings. The van der Waals surface area contributed by atoms with Crippen molar-refractivity contribution >= 4 is 21.6 Å². The van der Waals surface area contributed by atoms with Gasteiger partial charge in [-0.2, -0.15) is 0 Å². The summed E-state index contributed by atoms with van der Waals surface area (Å²) < 4.78 is 11.6. The summed E-state index contributed by atoms with van der Waals surface area (Å²) in [5.41, 5.74) is 2.94. The molecule has 0 saturated carbocycles. The number of rotatable bonds is 4. The van der Waals surface area contributed by atoms with E-state index in [9.17, 15) is 5.11 Å². The molecule has 110 valence electrons. The summed E-state index contributed by atoms with van der Waals surface area (Å²) in [6.07, 6.45) is -0.613. The number of benzene rings is 2. The van der Waals surface area contributed by atoms with E-state index in [1.165, 1.54) is 0 Å². The minimum atomic E-state index is -0.613. The van der Waals surface area contributed by atoms with Crippen LogP contribution in [0.3, 0.4) is 0 Å². The van der Waals surface area contributed by atoms with Crippen LogP contribution in [0.1, 0.15) is 17.2 Å². The second-order valence-electron chi connectivity index (χ2n) is 4.97. The Balaban J connectivity index is 1.69. The predicted molar refractivity (Wildman–Crippen MR) is 84.9 cm³/mol. The maximum absolute atomic E-state index is 10.3. The quantitative estimate of drug-likeness (QED) is 0.884. The summed E-state index contributed by atoms with van der Waals surface area (Å²) in [5.74, 6) is 1.41. The van der Waals surface area contributed by atoms with E-state index >= 15 is 0 Å². The third-order valence-corrected chi connectivity index (χ3v) is 3.96. The molecule has 1 heterocycles. The maximum atomic E-state index is 10.3. The molecular formula is C16H16BrNO3. The highest BCUT2D eigenvalue weighted by molar-refractivity contribution is 9.10. The van der Waals surface area contributed by atoms with Gasteiger partial charge in [0, 0.05) is 16.7 Å². The summed E-state index contributed by atoms with van der Waals surface area (Å²) in [6.45, 7) is 2.70. The number of anilines is 1. The Hall–Kier alpha value is -1.72. The number of ether oxygens (including phenoxy) is 2. The van der Waals surface area contributed by atoms with E-state index < -0.39 is 6.10 Å². The molecule has 2 aromatic rings. The molecule has 0 spiro atoms. The smallest absolute Gasteiger partial charge is 0.231 e. The number of halogens is 1. The minimum absolute atomic E-state index is 0.240. The zero-order chi connectivity index (χ0) is 14.8. The van der Waals surface area contributed by atoms with Crippen LogP contribution in [0.25, 0.3) is 0 Å². The lowest BCUT2D eigenvalue weighted by molar-refractivity contribution is 0.173. The van der Waals surface area contributed by atoms with Gasteiger partial charge in [0.2, 0.25) is 6.79 Å². The zero-order valence-corrected chi connectivity index (χ0v) is 13.2. The first kappa shape index (κ1) is 14.2. The third-order valence-electron chi connectivity index (χ3n) is 3.47. The van der Waals surface area contributed by atoms with Gasteiger partial charge < -0.3 is 19.9 Å². The van der Waals surface area contributed by atoms with E-state index in [-0.39, 0.29) is 6.79 Å². The van der Waals surface area contributed by atoms with E-state index in [4.69, 9.17) is 9.47 Å². The number of aliphatic hydroxyl groups excluding tert-OH is 1. The molecule has 21 heavy (non-hydrogen) atoms. The molecule has 5 heteroatoms. The van der Waals surface area contributed by atoms with Crippen LogP contribution < -0.4 is 14.8 Å². The van der Waals surface area contributed by atoms with Crippen molar-refractivity contribution in [3.05, 3.63) is 52.0 Å². The van der Waals surface area contributed by atoms with E-state index in [1.54, 1.807) is 0 Å². The van der Waals surface area contributed by atoms with Crippen LogP contribution in [0.15, 0.2) is 40.9 Å². The molecule has 4 nitrogen and oxygen atoms in total. The number of hydrogen-bond acceptors (Lipinski definition) is 4. The Morgan fingerprint density at radius 3 is 2.86 bits per heavy atom. The predicted octanol–water partition coefficient (Wildman–Crippen LogP) is 3.63. The van der Waals surface area contributed by atoms with Crippen molar-refractivity contribution in [1.82, 2.24) is 0 Å². The normalized spacial score (nSPS) is 14.0. The van der Waals surface area contributed by atoms with Crippen LogP contribution in [-0.4, -0.2) is 18.4 Å². The van der Waals surface area contributed by atoms with Crippen molar-refractivity contribution in [1.29, 1.82) is 0 Å². The molecule has 0 saturated heterocycles. The van der Waals surface area contributed by atoms with Gasteiger partial charge in [0.15, 0.2) is 11.5 Å².